The first-order valence-electron chi connectivity index (χ1n) is 8.01. The maximum Gasteiger partial charge on any atom is 0.323 e. The largest absolute Gasteiger partial charge is 0.468 e. The normalized spacial score (nSPS) is 30.5. The van der Waals surface area contributed by atoms with Crippen LogP contribution >= 0.6 is 0 Å². The Balaban J connectivity index is 2.15. The quantitative estimate of drug-likeness (QED) is 0.727. The number of carbonyl (C=O) groups excluding carboxylic acids is 1. The highest BCUT2D eigenvalue weighted by atomic mass is 16.6. The molecule has 5 heteroatoms. The van der Waals surface area contributed by atoms with Crippen molar-refractivity contribution >= 4 is 5.97 Å². The van der Waals surface area contributed by atoms with E-state index in [-0.39, 0.29) is 23.2 Å². The first kappa shape index (κ1) is 16.7. The summed E-state index contributed by atoms with van der Waals surface area (Å²) in [7, 11) is 1.47. The Morgan fingerprint density at radius 1 is 1.38 bits per heavy atom. The fourth-order valence-corrected chi connectivity index (χ4v) is 3.56. The van der Waals surface area contributed by atoms with Crippen molar-refractivity contribution in [2.75, 3.05) is 33.4 Å². The van der Waals surface area contributed by atoms with Crippen LogP contribution in [-0.2, 0) is 19.0 Å². The molecular formula is C16H29NO4. The number of ether oxygens (including phenoxy) is 3. The van der Waals surface area contributed by atoms with E-state index in [0.717, 1.165) is 45.4 Å². The summed E-state index contributed by atoms with van der Waals surface area (Å²) >= 11 is 0. The number of unbranched alkanes of at least 4 members (excludes halogenated alkanes) is 1. The summed E-state index contributed by atoms with van der Waals surface area (Å²) < 4.78 is 16.9. The van der Waals surface area contributed by atoms with Gasteiger partial charge in [-0.3, -0.25) is 9.69 Å². The number of hydrogen-bond acceptors (Lipinski definition) is 5. The van der Waals surface area contributed by atoms with Crippen molar-refractivity contribution in [3.05, 3.63) is 0 Å². The van der Waals surface area contributed by atoms with Crippen molar-refractivity contribution in [3.8, 4) is 0 Å². The molecule has 0 saturated carbocycles. The molecule has 2 heterocycles. The van der Waals surface area contributed by atoms with Gasteiger partial charge in [0.25, 0.3) is 0 Å². The molecule has 0 unspecified atom stereocenters. The van der Waals surface area contributed by atoms with Gasteiger partial charge < -0.3 is 14.2 Å². The van der Waals surface area contributed by atoms with Gasteiger partial charge in [-0.1, -0.05) is 19.8 Å². The molecule has 2 fully saturated rings. The zero-order valence-corrected chi connectivity index (χ0v) is 13.8. The molecule has 0 aromatic carbocycles. The van der Waals surface area contributed by atoms with Crippen LogP contribution in [0.5, 0.6) is 0 Å². The number of rotatable bonds is 5. The first-order valence-corrected chi connectivity index (χ1v) is 8.01. The fourth-order valence-electron chi connectivity index (χ4n) is 3.56. The van der Waals surface area contributed by atoms with Gasteiger partial charge in [-0.05, 0) is 20.3 Å². The molecule has 0 aliphatic carbocycles. The van der Waals surface area contributed by atoms with E-state index < -0.39 is 0 Å². The molecule has 2 aliphatic rings. The minimum absolute atomic E-state index is 0.129. The van der Waals surface area contributed by atoms with Gasteiger partial charge in [-0.2, -0.15) is 0 Å². The van der Waals surface area contributed by atoms with Gasteiger partial charge in [0.15, 0.2) is 0 Å². The maximum atomic E-state index is 12.2. The highest BCUT2D eigenvalue weighted by Crippen LogP contribution is 2.36. The summed E-state index contributed by atoms with van der Waals surface area (Å²) in [5.74, 6) is -0.129. The van der Waals surface area contributed by atoms with Crippen molar-refractivity contribution < 1.29 is 19.0 Å². The predicted octanol–water partition coefficient (Wildman–Crippen LogP) is 1.99. The van der Waals surface area contributed by atoms with E-state index in [4.69, 9.17) is 14.2 Å². The van der Waals surface area contributed by atoms with Gasteiger partial charge >= 0.3 is 5.97 Å². The monoisotopic (exact) mass is 299 g/mol. The topological polar surface area (TPSA) is 48.0 Å². The van der Waals surface area contributed by atoms with Crippen LogP contribution in [0.3, 0.4) is 0 Å². The molecule has 2 rings (SSSR count). The molecule has 1 spiro atoms. The second kappa shape index (κ2) is 6.63. The SMILES string of the molecule is CCCC[C@H](C(=O)OC)N1CC(C)(C)O[C@]2(CCOC2)C1. The smallest absolute Gasteiger partial charge is 0.323 e. The third-order valence-electron chi connectivity index (χ3n) is 4.38. The van der Waals surface area contributed by atoms with Crippen LogP contribution in [-0.4, -0.2) is 61.5 Å². The van der Waals surface area contributed by atoms with Gasteiger partial charge in [0.2, 0.25) is 0 Å². The highest BCUT2D eigenvalue weighted by Gasteiger charge is 2.49. The number of methoxy groups -OCH3 is 1. The maximum absolute atomic E-state index is 12.2. The van der Waals surface area contributed by atoms with Crippen molar-refractivity contribution in [3.63, 3.8) is 0 Å². The Labute approximate surface area is 127 Å². The molecule has 0 bridgehead atoms. The molecule has 2 aliphatic heterocycles. The standard InChI is InChI=1S/C16H29NO4/c1-5-6-7-13(14(18)19-4)17-10-15(2,3)21-16(11-17)8-9-20-12-16/h13H,5-12H2,1-4H3/t13-,16-/m1/s1. The Hall–Kier alpha value is -0.650. The van der Waals surface area contributed by atoms with Crippen LogP contribution in [0.4, 0.5) is 0 Å². The molecule has 0 aromatic heterocycles. The third-order valence-corrected chi connectivity index (χ3v) is 4.38. The van der Waals surface area contributed by atoms with E-state index in [1.165, 1.54) is 7.11 Å². The van der Waals surface area contributed by atoms with Crippen LogP contribution in [0, 0.1) is 0 Å². The van der Waals surface area contributed by atoms with Gasteiger partial charge in [0.05, 0.1) is 19.3 Å². The van der Waals surface area contributed by atoms with Gasteiger partial charge in [0, 0.05) is 26.1 Å². The van der Waals surface area contributed by atoms with Crippen molar-refractivity contribution in [2.45, 2.75) is 63.7 Å². The average molecular weight is 299 g/mol. The molecule has 2 saturated heterocycles. The molecule has 0 aromatic rings. The van der Waals surface area contributed by atoms with Crippen LogP contribution in [0.25, 0.3) is 0 Å². The summed E-state index contributed by atoms with van der Waals surface area (Å²) in [6.45, 7) is 9.18. The minimum atomic E-state index is -0.273. The zero-order valence-electron chi connectivity index (χ0n) is 13.8. The van der Waals surface area contributed by atoms with E-state index in [2.05, 4.69) is 25.7 Å². The molecule has 5 nitrogen and oxygen atoms in total. The lowest BCUT2D eigenvalue weighted by atomic mass is 9.92. The van der Waals surface area contributed by atoms with Gasteiger partial charge in [0.1, 0.15) is 11.6 Å². The molecular weight excluding hydrogens is 270 g/mol. The Bertz CT molecular complexity index is 363. The summed E-state index contributed by atoms with van der Waals surface area (Å²) in [4.78, 5) is 14.4. The van der Waals surface area contributed by atoms with Crippen LogP contribution in [0.1, 0.15) is 46.5 Å². The second-order valence-electron chi connectivity index (χ2n) is 6.93. The van der Waals surface area contributed by atoms with Crippen LogP contribution < -0.4 is 0 Å². The predicted molar refractivity (Wildman–Crippen MR) is 80.2 cm³/mol. The number of hydrogen-bond donors (Lipinski definition) is 0. The summed E-state index contributed by atoms with van der Waals surface area (Å²) in [6.07, 6.45) is 3.85. The minimum Gasteiger partial charge on any atom is -0.468 e. The number of carbonyl (C=O) groups is 1. The summed E-state index contributed by atoms with van der Waals surface area (Å²) in [5.41, 5.74) is -0.537. The number of nitrogens with zero attached hydrogens (tertiary/aromatic N) is 1. The molecule has 2 atom stereocenters. The fraction of sp³-hybridized carbons (Fsp3) is 0.938. The lowest BCUT2D eigenvalue weighted by molar-refractivity contribution is -0.205. The lowest BCUT2D eigenvalue weighted by Gasteiger charge is -2.49. The van der Waals surface area contributed by atoms with Gasteiger partial charge in [-0.25, -0.2) is 0 Å². The average Bonchev–Trinajstić information content (AvgIpc) is 2.84. The molecule has 21 heavy (non-hydrogen) atoms. The Kier molecular flexibility index (Phi) is 5.28. The summed E-state index contributed by atoms with van der Waals surface area (Å²) in [5, 5.41) is 0. The number of esters is 1. The Morgan fingerprint density at radius 3 is 2.71 bits per heavy atom. The summed E-state index contributed by atoms with van der Waals surface area (Å²) in [6, 6.07) is -0.171. The van der Waals surface area contributed by atoms with E-state index in [9.17, 15) is 4.79 Å². The van der Waals surface area contributed by atoms with E-state index in [0.29, 0.717) is 6.61 Å². The van der Waals surface area contributed by atoms with Crippen LogP contribution in [0.2, 0.25) is 0 Å². The van der Waals surface area contributed by atoms with Crippen molar-refractivity contribution in [2.24, 2.45) is 0 Å². The lowest BCUT2D eigenvalue weighted by Crippen LogP contribution is -2.63. The van der Waals surface area contributed by atoms with Crippen molar-refractivity contribution in [1.29, 1.82) is 0 Å². The van der Waals surface area contributed by atoms with Crippen molar-refractivity contribution in [1.82, 2.24) is 4.90 Å². The van der Waals surface area contributed by atoms with E-state index >= 15 is 0 Å². The molecule has 0 radical (unpaired) electrons. The highest BCUT2D eigenvalue weighted by molar-refractivity contribution is 5.75. The zero-order chi connectivity index (χ0) is 15.5. The molecule has 0 N–H and O–H groups in total. The molecule has 122 valence electrons. The van der Waals surface area contributed by atoms with Crippen LogP contribution in [0.15, 0.2) is 0 Å². The van der Waals surface area contributed by atoms with Gasteiger partial charge in [-0.15, -0.1) is 0 Å². The van der Waals surface area contributed by atoms with E-state index in [1.807, 2.05) is 0 Å². The Morgan fingerprint density at radius 2 is 2.14 bits per heavy atom. The number of morpholine rings is 1. The second-order valence-corrected chi connectivity index (χ2v) is 6.93. The third kappa shape index (κ3) is 3.96. The molecule has 0 amide bonds. The first-order chi connectivity index (χ1) is 9.91. The van der Waals surface area contributed by atoms with E-state index in [1.54, 1.807) is 0 Å².